The van der Waals surface area contributed by atoms with E-state index in [4.69, 9.17) is 0 Å². The fourth-order valence-corrected chi connectivity index (χ4v) is 2.37. The molecule has 28 heavy (non-hydrogen) atoms. The molecule has 2 heterocycles. The molecule has 0 aliphatic carbocycles. The lowest BCUT2D eigenvalue weighted by Crippen LogP contribution is -2.36. The first-order valence-electron chi connectivity index (χ1n) is 8.09. The Morgan fingerprint density at radius 1 is 1.29 bits per heavy atom. The Labute approximate surface area is 155 Å². The molecule has 12 heteroatoms. The minimum Gasteiger partial charge on any atom is -0.465 e. The smallest absolute Gasteiger partial charge is 0.325 e. The number of aromatic nitrogens is 5. The van der Waals surface area contributed by atoms with Crippen LogP contribution in [0.5, 0.6) is 0 Å². The number of nitrogens with zero attached hydrogens (tertiary/aromatic N) is 5. The van der Waals surface area contributed by atoms with Gasteiger partial charge in [-0.2, -0.15) is 4.68 Å². The molecule has 0 fully saturated rings. The number of esters is 1. The molecule has 0 bridgehead atoms. The van der Waals surface area contributed by atoms with Crippen LogP contribution in [0.2, 0.25) is 0 Å². The number of hydrogen-bond donors (Lipinski definition) is 1. The number of amides is 1. The number of rotatable bonds is 6. The van der Waals surface area contributed by atoms with Crippen molar-refractivity contribution in [3.8, 4) is 5.69 Å². The van der Waals surface area contributed by atoms with Crippen molar-refractivity contribution in [1.82, 2.24) is 29.9 Å². The zero-order valence-electron chi connectivity index (χ0n) is 14.6. The van der Waals surface area contributed by atoms with Gasteiger partial charge in [-0.25, -0.2) is 13.8 Å². The van der Waals surface area contributed by atoms with Crippen molar-refractivity contribution in [1.29, 1.82) is 0 Å². The lowest BCUT2D eigenvalue weighted by molar-refractivity contribution is -0.143. The van der Waals surface area contributed by atoms with Crippen LogP contribution in [-0.2, 0) is 20.9 Å². The van der Waals surface area contributed by atoms with Crippen molar-refractivity contribution in [2.45, 2.75) is 13.5 Å². The van der Waals surface area contributed by atoms with E-state index in [1.54, 1.807) is 6.92 Å². The van der Waals surface area contributed by atoms with Crippen LogP contribution in [0.1, 0.15) is 6.92 Å². The maximum absolute atomic E-state index is 14.0. The first kappa shape index (κ1) is 19.1. The van der Waals surface area contributed by atoms with Gasteiger partial charge in [0.1, 0.15) is 30.9 Å². The summed E-state index contributed by atoms with van der Waals surface area (Å²) in [4.78, 5) is 39.6. The molecule has 1 amide bonds. The fraction of sp³-hybridized carbons (Fsp3) is 0.250. The van der Waals surface area contributed by atoms with Gasteiger partial charge in [0.05, 0.1) is 6.61 Å². The van der Waals surface area contributed by atoms with Gasteiger partial charge in [0.15, 0.2) is 17.0 Å². The molecule has 0 saturated carbocycles. The molecule has 0 aliphatic heterocycles. The monoisotopic (exact) mass is 392 g/mol. The first-order chi connectivity index (χ1) is 13.4. The van der Waals surface area contributed by atoms with Crippen molar-refractivity contribution < 1.29 is 23.1 Å². The van der Waals surface area contributed by atoms with Crippen molar-refractivity contribution in [2.24, 2.45) is 0 Å². The van der Waals surface area contributed by atoms with E-state index in [0.717, 1.165) is 27.7 Å². The van der Waals surface area contributed by atoms with E-state index in [1.165, 1.54) is 0 Å². The number of hydrogen-bond acceptors (Lipinski definition) is 7. The van der Waals surface area contributed by atoms with Crippen molar-refractivity contribution in [3.63, 3.8) is 0 Å². The highest BCUT2D eigenvalue weighted by molar-refractivity contribution is 5.82. The lowest BCUT2D eigenvalue weighted by Gasteiger charge is -2.07. The summed E-state index contributed by atoms with van der Waals surface area (Å²) in [6.45, 7) is 1.06. The van der Waals surface area contributed by atoms with E-state index in [9.17, 15) is 23.2 Å². The molecule has 1 aromatic carbocycles. The van der Waals surface area contributed by atoms with Crippen LogP contribution in [-0.4, -0.2) is 49.6 Å². The van der Waals surface area contributed by atoms with Crippen LogP contribution in [0.25, 0.3) is 16.9 Å². The van der Waals surface area contributed by atoms with E-state index < -0.39 is 35.6 Å². The van der Waals surface area contributed by atoms with E-state index >= 15 is 0 Å². The summed E-state index contributed by atoms with van der Waals surface area (Å²) in [7, 11) is 0. The topological polar surface area (TPSA) is 121 Å². The molecule has 10 nitrogen and oxygen atoms in total. The molecule has 0 aliphatic rings. The van der Waals surface area contributed by atoms with Crippen molar-refractivity contribution in [2.75, 3.05) is 13.2 Å². The fourth-order valence-electron chi connectivity index (χ4n) is 2.37. The third kappa shape index (κ3) is 3.84. The van der Waals surface area contributed by atoms with Crippen molar-refractivity contribution in [3.05, 3.63) is 46.5 Å². The van der Waals surface area contributed by atoms with Gasteiger partial charge in [0, 0.05) is 6.07 Å². The molecule has 146 valence electrons. The van der Waals surface area contributed by atoms with Gasteiger partial charge in [-0.05, 0) is 19.1 Å². The number of benzene rings is 1. The van der Waals surface area contributed by atoms with Crippen LogP contribution >= 0.6 is 0 Å². The highest BCUT2D eigenvalue weighted by Gasteiger charge is 2.17. The quantitative estimate of drug-likeness (QED) is 0.583. The van der Waals surface area contributed by atoms with Gasteiger partial charge >= 0.3 is 5.97 Å². The van der Waals surface area contributed by atoms with E-state index in [1.807, 2.05) is 0 Å². The maximum Gasteiger partial charge on any atom is 0.325 e. The minimum atomic E-state index is -0.906. The van der Waals surface area contributed by atoms with Crippen molar-refractivity contribution >= 4 is 23.0 Å². The summed E-state index contributed by atoms with van der Waals surface area (Å²) in [5, 5.41) is 9.67. The summed E-state index contributed by atoms with van der Waals surface area (Å²) in [5.74, 6) is -2.90. The number of carbonyl (C=O) groups is 2. The minimum absolute atomic E-state index is 0.0568. The third-order valence-electron chi connectivity index (χ3n) is 3.62. The predicted molar refractivity (Wildman–Crippen MR) is 90.5 cm³/mol. The van der Waals surface area contributed by atoms with Crippen LogP contribution < -0.4 is 10.9 Å². The molecule has 1 N–H and O–H groups in total. The van der Waals surface area contributed by atoms with Gasteiger partial charge in [-0.1, -0.05) is 5.21 Å². The zero-order valence-corrected chi connectivity index (χ0v) is 14.6. The molecule has 0 radical (unpaired) electrons. The Morgan fingerprint density at radius 3 is 2.79 bits per heavy atom. The standard InChI is InChI=1S/C16H14F2N6O4/c1-2-28-13(26)6-19-12(25)7-23-8-20-15-14(16(23)27)21-22-24(15)11-4-3-9(17)5-10(11)18/h3-5,8H,2,6-7H2,1H3,(H,19,25). The average Bonchev–Trinajstić information content (AvgIpc) is 3.07. The second-order valence-electron chi connectivity index (χ2n) is 5.53. The SMILES string of the molecule is CCOC(=O)CNC(=O)Cn1cnc2c(nnn2-c2ccc(F)cc2F)c1=O. The highest BCUT2D eigenvalue weighted by Crippen LogP contribution is 2.16. The van der Waals surface area contributed by atoms with E-state index in [0.29, 0.717) is 6.07 Å². The Bertz CT molecular complexity index is 1110. The molecular weight excluding hydrogens is 378 g/mol. The average molecular weight is 392 g/mol. The second kappa shape index (κ2) is 7.90. The maximum atomic E-state index is 14.0. The number of fused-ring (bicyclic) bond motifs is 1. The summed E-state index contributed by atoms with van der Waals surface area (Å²) in [6.07, 6.45) is 1.07. The van der Waals surface area contributed by atoms with Gasteiger partial charge in [-0.15, -0.1) is 5.10 Å². The van der Waals surface area contributed by atoms with Gasteiger partial charge in [-0.3, -0.25) is 19.0 Å². The lowest BCUT2D eigenvalue weighted by atomic mass is 10.3. The van der Waals surface area contributed by atoms with Crippen LogP contribution in [0.3, 0.4) is 0 Å². The molecule has 0 unspecified atom stereocenters. The normalized spacial score (nSPS) is 10.8. The molecule has 3 rings (SSSR count). The molecule has 0 saturated heterocycles. The largest absolute Gasteiger partial charge is 0.465 e. The Kier molecular flexibility index (Phi) is 5.38. The molecule has 0 spiro atoms. The highest BCUT2D eigenvalue weighted by atomic mass is 19.1. The van der Waals surface area contributed by atoms with Crippen LogP contribution in [0.4, 0.5) is 8.78 Å². The molecule has 3 aromatic rings. The second-order valence-corrected chi connectivity index (χ2v) is 5.53. The number of ether oxygens (including phenoxy) is 1. The molecule has 0 atom stereocenters. The van der Waals surface area contributed by atoms with E-state index in [2.05, 4.69) is 25.3 Å². The zero-order chi connectivity index (χ0) is 20.3. The van der Waals surface area contributed by atoms with E-state index in [-0.39, 0.29) is 30.0 Å². The molecule has 2 aromatic heterocycles. The summed E-state index contributed by atoms with van der Waals surface area (Å²) < 4.78 is 33.6. The number of halogens is 2. The Balaban J connectivity index is 1.84. The van der Waals surface area contributed by atoms with Gasteiger partial charge < -0.3 is 10.1 Å². The summed E-state index contributed by atoms with van der Waals surface area (Å²) in [5.41, 5.74) is -1.09. The Morgan fingerprint density at radius 2 is 2.07 bits per heavy atom. The van der Waals surface area contributed by atoms with Gasteiger partial charge in [0.25, 0.3) is 5.56 Å². The third-order valence-corrected chi connectivity index (χ3v) is 3.62. The van der Waals surface area contributed by atoms with Gasteiger partial charge in [0.2, 0.25) is 5.91 Å². The summed E-state index contributed by atoms with van der Waals surface area (Å²) in [6, 6.07) is 2.83. The number of carbonyl (C=O) groups excluding carboxylic acids is 2. The number of nitrogens with one attached hydrogen (secondary N) is 1. The van der Waals surface area contributed by atoms with Crippen LogP contribution in [0, 0.1) is 11.6 Å². The molecular formula is C16H14F2N6O4. The predicted octanol–water partition coefficient (Wildman–Crippen LogP) is -0.0653. The Hall–Kier alpha value is -3.70. The first-order valence-corrected chi connectivity index (χ1v) is 8.09. The summed E-state index contributed by atoms with van der Waals surface area (Å²) >= 11 is 0. The van der Waals surface area contributed by atoms with Crippen LogP contribution in [0.15, 0.2) is 29.3 Å².